The molecule has 7 aromatic rings. The van der Waals surface area contributed by atoms with E-state index in [1.807, 2.05) is 134 Å². The maximum Gasteiger partial charge on any atom is 0.142 e. The zero-order valence-corrected chi connectivity index (χ0v) is 38.9. The minimum absolute atomic E-state index is 0.0911. The molecule has 0 saturated heterocycles. The molecule has 0 bridgehead atoms. The lowest BCUT2D eigenvalue weighted by Gasteiger charge is -2.10. The normalized spacial score (nSPS) is 10.3. The Morgan fingerprint density at radius 1 is 0.508 bits per heavy atom. The lowest BCUT2D eigenvalue weighted by molar-refractivity contribution is 0.417. The van der Waals surface area contributed by atoms with Crippen LogP contribution in [0.2, 0.25) is 0 Å². The summed E-state index contributed by atoms with van der Waals surface area (Å²) in [5.41, 5.74) is 23.7. The molecule has 3 aromatic heterocycles. The van der Waals surface area contributed by atoms with Crippen LogP contribution < -0.4 is 42.6 Å². The Bertz CT molecular complexity index is 2550. The zero-order chi connectivity index (χ0) is 43.9. The molecule has 12 N–H and O–H groups in total. The van der Waals surface area contributed by atoms with Gasteiger partial charge < -0.3 is 42.6 Å². The number of benzene rings is 4. The van der Waals surface area contributed by atoms with Gasteiger partial charge in [0.25, 0.3) is 0 Å². The summed E-state index contributed by atoms with van der Waals surface area (Å²) in [6.07, 6.45) is 6.04. The molecule has 0 aliphatic heterocycles. The first-order valence-electron chi connectivity index (χ1n) is 18.3. The van der Waals surface area contributed by atoms with Crippen LogP contribution in [0.4, 0.5) is 34.1 Å². The molecule has 3 heterocycles. The quantitative estimate of drug-likeness (QED) is 0.0269. The number of anilines is 6. The molecule has 0 saturated carbocycles. The maximum atomic E-state index is 7.57. The van der Waals surface area contributed by atoms with Crippen LogP contribution in [0.15, 0.2) is 134 Å². The van der Waals surface area contributed by atoms with Crippen LogP contribution in [0.5, 0.6) is 17.2 Å². The van der Waals surface area contributed by atoms with Crippen LogP contribution in [0.1, 0.15) is 20.2 Å². The Kier molecular flexibility index (Phi) is 17.4. The zero-order valence-electron chi connectivity index (χ0n) is 34.0. The molecule has 0 radical (unpaired) electrons. The second-order valence-electron chi connectivity index (χ2n) is 12.6. The molecular formula is C44H47N9O2S6. The highest BCUT2D eigenvalue weighted by atomic mass is 32.2. The number of hydrogen-bond donors (Lipinski definition) is 9. The standard InChI is InChI=1S/C18H17N3OS2.C13H15N3OS2.C13H15N3S2/c1-23-18-15(11-16(24-18)17(19)20)21-12-7-9-14(10-8-12)22-13-5-3-2-4-6-13;1-17-10-6-4-3-5-8(10)16-9-7-11(12(14)15)19-13(9)18-2;1-8-5-3-4-6-9(8)16-10-7-11(12(14)15)18-13(10)17-2/h2-11,21H,1H3,(H3,19,20);3-7,16H,1-2H3,(H3,14,15);3-7,16H,1-2H3,(H3,14,15). The lowest BCUT2D eigenvalue weighted by atomic mass is 10.2. The monoisotopic (exact) mass is 925 g/mol. The molecule has 0 amide bonds. The summed E-state index contributed by atoms with van der Waals surface area (Å²) >= 11 is 9.50. The van der Waals surface area contributed by atoms with Crippen molar-refractivity contribution in [2.45, 2.75) is 19.6 Å². The number of para-hydroxylation sites is 4. The minimum Gasteiger partial charge on any atom is -0.495 e. The second kappa shape index (κ2) is 22.9. The Balaban J connectivity index is 0.000000176. The molecule has 0 aliphatic rings. The summed E-state index contributed by atoms with van der Waals surface area (Å²) in [5.74, 6) is 2.68. The van der Waals surface area contributed by atoms with E-state index in [1.54, 1.807) is 53.7 Å². The van der Waals surface area contributed by atoms with E-state index < -0.39 is 0 Å². The first-order chi connectivity index (χ1) is 29.4. The number of ether oxygens (including phenoxy) is 2. The van der Waals surface area contributed by atoms with Crippen LogP contribution in [-0.4, -0.2) is 43.4 Å². The van der Waals surface area contributed by atoms with Gasteiger partial charge in [-0.25, -0.2) is 0 Å². The molecule has 316 valence electrons. The van der Waals surface area contributed by atoms with Gasteiger partial charge in [0, 0.05) is 11.4 Å². The van der Waals surface area contributed by atoms with Crippen molar-refractivity contribution in [3.8, 4) is 17.2 Å². The number of hydrogen-bond acceptors (Lipinski definition) is 14. The molecule has 0 unspecified atom stereocenters. The molecule has 17 heteroatoms. The molecule has 0 atom stereocenters. The van der Waals surface area contributed by atoms with E-state index in [0.717, 1.165) is 78.6 Å². The van der Waals surface area contributed by atoms with Crippen LogP contribution in [0, 0.1) is 23.2 Å². The van der Waals surface area contributed by atoms with Crippen molar-refractivity contribution < 1.29 is 9.47 Å². The fourth-order valence-corrected chi connectivity index (χ4v) is 10.3. The Labute approximate surface area is 381 Å². The number of amidine groups is 3. The molecule has 4 aromatic carbocycles. The first kappa shape index (κ1) is 46.5. The molecule has 0 spiro atoms. The molecule has 7 rings (SSSR count). The van der Waals surface area contributed by atoms with Gasteiger partial charge in [-0.1, -0.05) is 48.5 Å². The van der Waals surface area contributed by atoms with Gasteiger partial charge in [-0.2, -0.15) is 0 Å². The van der Waals surface area contributed by atoms with Gasteiger partial charge in [0.15, 0.2) is 0 Å². The number of thiophene rings is 3. The van der Waals surface area contributed by atoms with Crippen LogP contribution in [0.25, 0.3) is 0 Å². The highest BCUT2D eigenvalue weighted by Crippen LogP contribution is 2.40. The number of methoxy groups -OCH3 is 1. The summed E-state index contributed by atoms with van der Waals surface area (Å²) < 4.78 is 14.4. The van der Waals surface area contributed by atoms with E-state index >= 15 is 0 Å². The predicted molar refractivity (Wildman–Crippen MR) is 268 cm³/mol. The third-order valence-electron chi connectivity index (χ3n) is 8.35. The van der Waals surface area contributed by atoms with E-state index in [2.05, 4.69) is 28.9 Å². The Hall–Kier alpha value is -5.56. The maximum absolute atomic E-state index is 7.57. The fourth-order valence-electron chi connectivity index (χ4n) is 5.38. The predicted octanol–water partition coefficient (Wildman–Crippen LogP) is 12.6. The van der Waals surface area contributed by atoms with E-state index in [-0.39, 0.29) is 17.5 Å². The Morgan fingerprint density at radius 3 is 1.38 bits per heavy atom. The second-order valence-corrected chi connectivity index (χ2v) is 19.0. The number of rotatable bonds is 15. The van der Waals surface area contributed by atoms with Gasteiger partial charge in [0.05, 0.1) is 57.1 Å². The van der Waals surface area contributed by atoms with Gasteiger partial charge in [-0.3, -0.25) is 16.2 Å². The van der Waals surface area contributed by atoms with E-state index in [0.29, 0.717) is 0 Å². The van der Waals surface area contributed by atoms with Crippen molar-refractivity contribution >= 4 is 121 Å². The van der Waals surface area contributed by atoms with E-state index in [1.165, 1.54) is 28.2 Å². The summed E-state index contributed by atoms with van der Waals surface area (Å²) in [6.45, 7) is 2.07. The number of thioether (sulfide) groups is 3. The fraction of sp³-hybridized carbons (Fsp3) is 0.114. The number of nitrogen functional groups attached to an aromatic ring is 3. The SMILES string of the molecule is COc1ccccc1Nc1cc(C(=N)N)sc1SC.CSc1sc(C(=N)N)cc1Nc1ccc(Oc2ccccc2)cc1.CSc1sc(C(=N)N)cc1Nc1ccccc1C. The largest absolute Gasteiger partial charge is 0.495 e. The molecular weight excluding hydrogens is 879 g/mol. The highest BCUT2D eigenvalue weighted by molar-refractivity contribution is 8.01. The first-order valence-corrected chi connectivity index (χ1v) is 24.4. The van der Waals surface area contributed by atoms with E-state index in [4.69, 9.17) is 42.9 Å². The van der Waals surface area contributed by atoms with Gasteiger partial charge >= 0.3 is 0 Å². The summed E-state index contributed by atoms with van der Waals surface area (Å²) in [5, 5.41) is 32.7. The summed E-state index contributed by atoms with van der Waals surface area (Å²) in [7, 11) is 1.64. The average Bonchev–Trinajstić information content (AvgIpc) is 4.00. The van der Waals surface area contributed by atoms with Gasteiger partial charge in [0.2, 0.25) is 0 Å². The molecule has 0 aliphatic carbocycles. The smallest absolute Gasteiger partial charge is 0.142 e. The molecule has 61 heavy (non-hydrogen) atoms. The van der Waals surface area contributed by atoms with Crippen molar-refractivity contribution in [1.29, 1.82) is 16.2 Å². The topological polar surface area (TPSA) is 204 Å². The minimum atomic E-state index is 0.0911. The lowest BCUT2D eigenvalue weighted by Crippen LogP contribution is -2.08. The molecule has 11 nitrogen and oxygen atoms in total. The van der Waals surface area contributed by atoms with Gasteiger partial charge in [-0.15, -0.1) is 69.3 Å². The van der Waals surface area contributed by atoms with Crippen molar-refractivity contribution in [2.24, 2.45) is 17.2 Å². The summed E-state index contributed by atoms with van der Waals surface area (Å²) in [6, 6.07) is 39.1. The third kappa shape index (κ3) is 13.2. The third-order valence-corrected chi connectivity index (χ3v) is 15.3. The highest BCUT2D eigenvalue weighted by Gasteiger charge is 2.14. The van der Waals surface area contributed by atoms with Crippen LogP contribution >= 0.6 is 69.3 Å². The van der Waals surface area contributed by atoms with E-state index in [9.17, 15) is 0 Å². The van der Waals surface area contributed by atoms with Crippen molar-refractivity contribution in [1.82, 2.24) is 0 Å². The Morgan fingerprint density at radius 2 is 0.918 bits per heavy atom. The van der Waals surface area contributed by atoms with Crippen LogP contribution in [-0.2, 0) is 0 Å². The number of nitrogens with one attached hydrogen (secondary N) is 6. The average molecular weight is 926 g/mol. The van der Waals surface area contributed by atoms with Gasteiger partial charge in [0.1, 0.15) is 34.8 Å². The van der Waals surface area contributed by atoms with Crippen molar-refractivity contribution in [2.75, 3.05) is 41.8 Å². The van der Waals surface area contributed by atoms with Crippen molar-refractivity contribution in [3.05, 3.63) is 142 Å². The van der Waals surface area contributed by atoms with Gasteiger partial charge in [-0.05, 0) is 104 Å². The number of nitrogens with two attached hydrogens (primary N) is 3. The molecule has 0 fully saturated rings. The van der Waals surface area contributed by atoms with Crippen LogP contribution in [0.3, 0.4) is 0 Å². The summed E-state index contributed by atoms with van der Waals surface area (Å²) in [4.78, 5) is 2.34. The van der Waals surface area contributed by atoms with Crippen molar-refractivity contribution in [3.63, 3.8) is 0 Å². The number of aryl methyl sites for hydroxylation is 1.